The molecule has 0 bridgehead atoms. The zero-order chi connectivity index (χ0) is 21.7. The van der Waals surface area contributed by atoms with Gasteiger partial charge in [-0.3, -0.25) is 19.7 Å². The van der Waals surface area contributed by atoms with Gasteiger partial charge in [0.25, 0.3) is 11.6 Å². The normalized spacial score (nSPS) is 10.7. The molecule has 0 unspecified atom stereocenters. The number of aryl methyl sites for hydroxylation is 1. The summed E-state index contributed by atoms with van der Waals surface area (Å²) in [7, 11) is 0. The smallest absolute Gasteiger partial charge is 0.280 e. The molecule has 0 atom stereocenters. The summed E-state index contributed by atoms with van der Waals surface area (Å²) in [5.74, 6) is -0.0860. The van der Waals surface area contributed by atoms with Crippen molar-refractivity contribution in [3.05, 3.63) is 81.6 Å². The van der Waals surface area contributed by atoms with E-state index in [1.807, 2.05) is 0 Å². The lowest BCUT2D eigenvalue weighted by Gasteiger charge is -2.04. The predicted molar refractivity (Wildman–Crippen MR) is 111 cm³/mol. The highest BCUT2D eigenvalue weighted by Gasteiger charge is 2.18. The minimum atomic E-state index is -0.473. The topological polar surface area (TPSA) is 127 Å². The number of amides is 2. The van der Waals surface area contributed by atoms with Crippen molar-refractivity contribution >= 4 is 29.4 Å². The van der Waals surface area contributed by atoms with Crippen LogP contribution >= 0.6 is 0 Å². The Morgan fingerprint density at radius 3 is 2.67 bits per heavy atom. The van der Waals surface area contributed by atoms with Gasteiger partial charge in [0, 0.05) is 24.2 Å². The van der Waals surface area contributed by atoms with E-state index in [0.717, 1.165) is 5.56 Å². The number of nitrogens with zero attached hydrogens (tertiary/aromatic N) is 2. The molecular weight excluding hydrogens is 388 g/mol. The summed E-state index contributed by atoms with van der Waals surface area (Å²) in [5, 5.41) is 17.7. The number of carbonyl (C=O) groups excluding carboxylic acids is 2. The van der Waals surface area contributed by atoms with Crippen molar-refractivity contribution in [3.63, 3.8) is 0 Å². The molecule has 9 nitrogen and oxygen atoms in total. The third kappa shape index (κ3) is 4.96. The van der Waals surface area contributed by atoms with Crippen LogP contribution in [0.15, 0.2) is 64.1 Å². The Kier molecular flexibility index (Phi) is 6.02. The van der Waals surface area contributed by atoms with Crippen LogP contribution in [0.4, 0.5) is 11.4 Å². The van der Waals surface area contributed by atoms with Crippen LogP contribution in [0, 0.1) is 17.0 Å². The summed E-state index contributed by atoms with van der Waals surface area (Å²) in [6.07, 6.45) is 1.29. The number of carbonyl (C=O) groups is 2. The number of furan rings is 1. The maximum Gasteiger partial charge on any atom is 0.280 e. The summed E-state index contributed by atoms with van der Waals surface area (Å²) in [5.41, 5.74) is 4.24. The molecule has 1 heterocycles. The average molecular weight is 406 g/mol. The zero-order valence-electron chi connectivity index (χ0n) is 16.2. The quantitative estimate of drug-likeness (QED) is 0.365. The molecule has 9 heteroatoms. The van der Waals surface area contributed by atoms with E-state index in [1.165, 1.54) is 25.3 Å². The molecule has 3 aromatic rings. The Morgan fingerprint density at radius 2 is 1.93 bits per heavy atom. The van der Waals surface area contributed by atoms with Crippen molar-refractivity contribution in [2.75, 3.05) is 5.32 Å². The summed E-state index contributed by atoms with van der Waals surface area (Å²) in [6.45, 7) is 3.14. The van der Waals surface area contributed by atoms with Crippen LogP contribution in [0.25, 0.3) is 11.3 Å². The molecule has 3 rings (SSSR count). The molecular formula is C21H18N4O5. The summed E-state index contributed by atoms with van der Waals surface area (Å²) >= 11 is 0. The highest BCUT2D eigenvalue weighted by atomic mass is 16.6. The van der Waals surface area contributed by atoms with Crippen LogP contribution in [0.1, 0.15) is 28.6 Å². The molecule has 2 aromatic carbocycles. The Balaban J connectivity index is 1.70. The van der Waals surface area contributed by atoms with Crippen LogP contribution in [0.3, 0.4) is 0 Å². The second kappa shape index (κ2) is 8.82. The van der Waals surface area contributed by atoms with Crippen LogP contribution in [0.5, 0.6) is 0 Å². The van der Waals surface area contributed by atoms with Gasteiger partial charge in [0.15, 0.2) is 0 Å². The number of rotatable bonds is 6. The molecule has 30 heavy (non-hydrogen) atoms. The van der Waals surface area contributed by atoms with Gasteiger partial charge in [0.1, 0.15) is 11.5 Å². The SMILES string of the molecule is CC(=O)Nc1cccc(C(=O)N/N=C\c2ccc(-c3ccc(C)cc3[N+](=O)[O-])o2)c1. The molecule has 0 aliphatic carbocycles. The standard InChI is InChI=1S/C21H18N4O5/c1-13-6-8-18(19(10-13)25(28)29)20-9-7-17(30-20)12-22-24-21(27)15-4-3-5-16(11-15)23-14(2)26/h3-12H,1-2H3,(H,23,26)(H,24,27)/b22-12-. The van der Waals surface area contributed by atoms with Crippen molar-refractivity contribution in [2.24, 2.45) is 5.10 Å². The minimum Gasteiger partial charge on any atom is -0.455 e. The second-order valence-corrected chi connectivity index (χ2v) is 6.44. The molecule has 0 saturated carbocycles. The molecule has 0 saturated heterocycles. The van der Waals surface area contributed by atoms with E-state index in [1.54, 1.807) is 49.4 Å². The van der Waals surface area contributed by atoms with E-state index < -0.39 is 10.8 Å². The summed E-state index contributed by atoms with van der Waals surface area (Å²) in [6, 6.07) is 14.4. The van der Waals surface area contributed by atoms with Gasteiger partial charge in [0.2, 0.25) is 5.91 Å². The monoisotopic (exact) mass is 406 g/mol. The molecule has 0 aliphatic rings. The van der Waals surface area contributed by atoms with Crippen LogP contribution in [0.2, 0.25) is 0 Å². The molecule has 1 aromatic heterocycles. The van der Waals surface area contributed by atoms with Crippen molar-refractivity contribution in [2.45, 2.75) is 13.8 Å². The Labute approximate surface area is 171 Å². The average Bonchev–Trinajstić information content (AvgIpc) is 3.16. The first-order valence-corrected chi connectivity index (χ1v) is 8.90. The molecule has 0 fully saturated rings. The Hall–Kier alpha value is -4.27. The van der Waals surface area contributed by atoms with E-state index in [-0.39, 0.29) is 11.6 Å². The lowest BCUT2D eigenvalue weighted by molar-refractivity contribution is -0.384. The van der Waals surface area contributed by atoms with Crippen LogP contribution < -0.4 is 10.7 Å². The maximum absolute atomic E-state index is 12.2. The van der Waals surface area contributed by atoms with Crippen molar-refractivity contribution < 1.29 is 18.9 Å². The van der Waals surface area contributed by atoms with Crippen molar-refractivity contribution in [3.8, 4) is 11.3 Å². The Morgan fingerprint density at radius 1 is 1.13 bits per heavy atom. The van der Waals surface area contributed by atoms with Crippen LogP contribution in [-0.4, -0.2) is 23.0 Å². The van der Waals surface area contributed by atoms with E-state index in [9.17, 15) is 19.7 Å². The zero-order valence-corrected chi connectivity index (χ0v) is 16.2. The number of anilines is 1. The highest BCUT2D eigenvalue weighted by molar-refractivity contribution is 5.97. The maximum atomic E-state index is 12.2. The minimum absolute atomic E-state index is 0.0554. The lowest BCUT2D eigenvalue weighted by atomic mass is 10.1. The fourth-order valence-corrected chi connectivity index (χ4v) is 2.73. The van der Waals surface area contributed by atoms with E-state index in [0.29, 0.717) is 28.3 Å². The first-order chi connectivity index (χ1) is 14.3. The van der Waals surface area contributed by atoms with Gasteiger partial charge in [-0.15, -0.1) is 0 Å². The van der Waals surface area contributed by atoms with E-state index in [4.69, 9.17) is 4.42 Å². The molecule has 0 spiro atoms. The second-order valence-electron chi connectivity index (χ2n) is 6.44. The van der Waals surface area contributed by atoms with Gasteiger partial charge < -0.3 is 9.73 Å². The number of nitro benzene ring substituents is 1. The van der Waals surface area contributed by atoms with Gasteiger partial charge in [0.05, 0.1) is 16.7 Å². The van der Waals surface area contributed by atoms with Gasteiger partial charge in [-0.1, -0.05) is 12.1 Å². The Bertz CT molecular complexity index is 1150. The fourth-order valence-electron chi connectivity index (χ4n) is 2.73. The number of benzene rings is 2. The molecule has 2 N–H and O–H groups in total. The first kappa shape index (κ1) is 20.5. The molecule has 0 aliphatic heterocycles. The lowest BCUT2D eigenvalue weighted by Crippen LogP contribution is -2.18. The third-order valence-electron chi connectivity index (χ3n) is 4.05. The van der Waals surface area contributed by atoms with Gasteiger partial charge in [-0.25, -0.2) is 5.43 Å². The number of hydrogen-bond acceptors (Lipinski definition) is 6. The largest absolute Gasteiger partial charge is 0.455 e. The molecule has 0 radical (unpaired) electrons. The number of hydrogen-bond donors (Lipinski definition) is 2. The number of nitrogens with one attached hydrogen (secondary N) is 2. The molecule has 152 valence electrons. The van der Waals surface area contributed by atoms with E-state index in [2.05, 4.69) is 15.8 Å². The highest BCUT2D eigenvalue weighted by Crippen LogP contribution is 2.31. The summed E-state index contributed by atoms with van der Waals surface area (Å²) < 4.78 is 5.60. The van der Waals surface area contributed by atoms with Crippen LogP contribution in [-0.2, 0) is 4.79 Å². The van der Waals surface area contributed by atoms with Crippen molar-refractivity contribution in [1.82, 2.24) is 5.43 Å². The van der Waals surface area contributed by atoms with Crippen molar-refractivity contribution in [1.29, 1.82) is 0 Å². The first-order valence-electron chi connectivity index (χ1n) is 8.90. The summed E-state index contributed by atoms with van der Waals surface area (Å²) in [4.78, 5) is 34.1. The van der Waals surface area contributed by atoms with E-state index >= 15 is 0 Å². The molecule has 2 amide bonds. The van der Waals surface area contributed by atoms with Gasteiger partial charge in [-0.2, -0.15) is 5.10 Å². The number of hydrazone groups is 1. The van der Waals surface area contributed by atoms with Gasteiger partial charge in [-0.05, 0) is 48.9 Å². The predicted octanol–water partition coefficient (Wildman–Crippen LogP) is 3.89. The van der Waals surface area contributed by atoms with Gasteiger partial charge >= 0.3 is 0 Å². The fraction of sp³-hybridized carbons (Fsp3) is 0.0952. The number of nitro groups is 1. The third-order valence-corrected chi connectivity index (χ3v) is 4.05.